The summed E-state index contributed by atoms with van der Waals surface area (Å²) in [7, 11) is -4.08. The Balaban J connectivity index is 2.12. The third-order valence-electron chi connectivity index (χ3n) is 4.08. The molecule has 1 saturated heterocycles. The van der Waals surface area contributed by atoms with Gasteiger partial charge in [-0.25, -0.2) is 13.4 Å². The Bertz CT molecular complexity index is 776. The second-order valence-electron chi connectivity index (χ2n) is 6.17. The maximum absolute atomic E-state index is 12.7. The van der Waals surface area contributed by atoms with Crippen molar-refractivity contribution in [2.75, 3.05) is 30.8 Å². The maximum Gasteiger partial charge on any atom is 0.417 e. The van der Waals surface area contributed by atoms with Crippen LogP contribution in [0.15, 0.2) is 12.3 Å². The molecule has 27 heavy (non-hydrogen) atoms. The predicted octanol–water partition coefficient (Wildman–Crippen LogP) is 3.55. The molecule has 0 N–H and O–H groups in total. The number of halogens is 7. The summed E-state index contributed by atoms with van der Waals surface area (Å²) in [6.07, 6.45) is -7.84. The van der Waals surface area contributed by atoms with Gasteiger partial charge < -0.3 is 4.90 Å². The SMILES string of the molecule is CS(=O)(=O)N(CC(F)(F)F)C1CCN(c2ncc(C(F)(F)F)cc2Cl)CC1. The van der Waals surface area contributed by atoms with Gasteiger partial charge in [-0.15, -0.1) is 0 Å². The number of sulfonamides is 1. The van der Waals surface area contributed by atoms with Gasteiger partial charge in [0.05, 0.1) is 16.8 Å². The second-order valence-corrected chi connectivity index (χ2v) is 8.51. The molecule has 1 aromatic rings. The van der Waals surface area contributed by atoms with Crippen LogP contribution in [-0.4, -0.2) is 55.8 Å². The summed E-state index contributed by atoms with van der Waals surface area (Å²) in [6.45, 7) is -1.38. The molecule has 0 atom stereocenters. The van der Waals surface area contributed by atoms with Crippen molar-refractivity contribution in [2.24, 2.45) is 0 Å². The average molecular weight is 440 g/mol. The van der Waals surface area contributed by atoms with Crippen LogP contribution < -0.4 is 4.90 Å². The summed E-state index contributed by atoms with van der Waals surface area (Å²) in [4.78, 5) is 5.23. The molecule has 5 nitrogen and oxygen atoms in total. The average Bonchev–Trinajstić information content (AvgIpc) is 2.50. The quantitative estimate of drug-likeness (QED) is 0.673. The van der Waals surface area contributed by atoms with Crippen molar-refractivity contribution in [2.45, 2.75) is 31.2 Å². The molecule has 0 unspecified atom stereocenters. The minimum atomic E-state index is -4.68. The zero-order chi connectivity index (χ0) is 20.6. The van der Waals surface area contributed by atoms with Gasteiger partial charge in [-0.1, -0.05) is 11.6 Å². The van der Waals surface area contributed by atoms with Crippen molar-refractivity contribution in [1.82, 2.24) is 9.29 Å². The van der Waals surface area contributed by atoms with E-state index in [1.165, 1.54) is 4.90 Å². The number of piperidine rings is 1. The zero-order valence-electron chi connectivity index (χ0n) is 14.0. The molecule has 154 valence electrons. The Morgan fingerprint density at radius 3 is 2.19 bits per heavy atom. The molecule has 1 aliphatic heterocycles. The number of anilines is 1. The Hall–Kier alpha value is -1.27. The largest absolute Gasteiger partial charge is 0.417 e. The molecule has 0 bridgehead atoms. The molecule has 13 heteroatoms. The van der Waals surface area contributed by atoms with E-state index in [4.69, 9.17) is 11.6 Å². The summed E-state index contributed by atoms with van der Waals surface area (Å²) in [5.74, 6) is 0.0739. The topological polar surface area (TPSA) is 53.5 Å². The minimum absolute atomic E-state index is 0.0577. The van der Waals surface area contributed by atoms with Crippen molar-refractivity contribution < 1.29 is 34.8 Å². The van der Waals surface area contributed by atoms with Gasteiger partial charge in [0.2, 0.25) is 10.0 Å². The van der Waals surface area contributed by atoms with Gasteiger partial charge >= 0.3 is 12.4 Å². The van der Waals surface area contributed by atoms with Crippen LogP contribution in [0.4, 0.5) is 32.2 Å². The van der Waals surface area contributed by atoms with Crippen LogP contribution in [0, 0.1) is 0 Å². The van der Waals surface area contributed by atoms with Gasteiger partial charge in [-0.3, -0.25) is 0 Å². The summed E-state index contributed by atoms with van der Waals surface area (Å²) in [6, 6.07) is -0.145. The Labute approximate surface area is 157 Å². The molecule has 1 fully saturated rings. The number of pyridine rings is 1. The highest BCUT2D eigenvalue weighted by molar-refractivity contribution is 7.88. The summed E-state index contributed by atoms with van der Waals surface area (Å²) >= 11 is 5.87. The van der Waals surface area contributed by atoms with E-state index < -0.39 is 40.5 Å². The van der Waals surface area contributed by atoms with Gasteiger partial charge in [-0.2, -0.15) is 30.6 Å². The van der Waals surface area contributed by atoms with Crippen LogP contribution in [0.2, 0.25) is 5.02 Å². The first-order valence-corrected chi connectivity index (χ1v) is 9.92. The number of hydrogen-bond donors (Lipinski definition) is 0. The molecule has 1 aliphatic rings. The first-order valence-electron chi connectivity index (χ1n) is 7.70. The zero-order valence-corrected chi connectivity index (χ0v) is 15.6. The molecular formula is C14H16ClF6N3O2S. The van der Waals surface area contributed by atoms with Crippen molar-refractivity contribution in [3.05, 3.63) is 22.8 Å². The van der Waals surface area contributed by atoms with E-state index in [1.807, 2.05) is 0 Å². The second kappa shape index (κ2) is 7.63. The molecule has 0 radical (unpaired) electrons. The summed E-state index contributed by atoms with van der Waals surface area (Å²) in [5, 5.41) is -0.237. The highest BCUT2D eigenvalue weighted by Gasteiger charge is 2.40. The van der Waals surface area contributed by atoms with Gasteiger partial charge in [-0.05, 0) is 18.9 Å². The molecule has 0 spiro atoms. The Morgan fingerprint density at radius 1 is 1.22 bits per heavy atom. The monoisotopic (exact) mass is 439 g/mol. The first-order chi connectivity index (χ1) is 12.2. The van der Waals surface area contributed by atoms with Gasteiger partial charge in [0.1, 0.15) is 12.4 Å². The Kier molecular flexibility index (Phi) is 6.22. The van der Waals surface area contributed by atoms with E-state index >= 15 is 0 Å². The highest BCUT2D eigenvalue weighted by Crippen LogP contribution is 2.35. The van der Waals surface area contributed by atoms with Crippen LogP contribution in [0.25, 0.3) is 0 Å². The summed E-state index contributed by atoms with van der Waals surface area (Å²) < 4.78 is 99.9. The maximum atomic E-state index is 12.7. The molecular weight excluding hydrogens is 424 g/mol. The lowest BCUT2D eigenvalue weighted by Gasteiger charge is -2.38. The van der Waals surface area contributed by atoms with E-state index in [0.717, 1.165) is 6.07 Å². The van der Waals surface area contributed by atoms with E-state index in [-0.39, 0.29) is 36.8 Å². The van der Waals surface area contributed by atoms with Crippen molar-refractivity contribution >= 4 is 27.4 Å². The molecule has 0 aromatic carbocycles. The number of aromatic nitrogens is 1. The number of hydrogen-bond acceptors (Lipinski definition) is 4. The van der Waals surface area contributed by atoms with E-state index in [2.05, 4.69) is 4.98 Å². The normalized spacial score (nSPS) is 17.6. The minimum Gasteiger partial charge on any atom is -0.355 e. The first kappa shape index (κ1) is 22.0. The Morgan fingerprint density at radius 2 is 1.78 bits per heavy atom. The van der Waals surface area contributed by atoms with Crippen LogP contribution in [0.1, 0.15) is 18.4 Å². The van der Waals surface area contributed by atoms with Crippen molar-refractivity contribution in [3.8, 4) is 0 Å². The lowest BCUT2D eigenvalue weighted by Crippen LogP contribution is -2.50. The van der Waals surface area contributed by atoms with Gasteiger partial charge in [0, 0.05) is 25.3 Å². The number of rotatable bonds is 4. The number of nitrogens with zero attached hydrogens (tertiary/aromatic N) is 3. The lowest BCUT2D eigenvalue weighted by atomic mass is 10.0. The van der Waals surface area contributed by atoms with E-state index in [0.29, 0.717) is 16.8 Å². The molecule has 1 aromatic heterocycles. The van der Waals surface area contributed by atoms with Crippen LogP contribution in [0.5, 0.6) is 0 Å². The molecule has 2 heterocycles. The standard InChI is InChI=1S/C14H16ClF6N3O2S/c1-27(25,26)24(8-13(16,17)18)10-2-4-23(5-3-10)12-11(15)6-9(7-22-12)14(19,20)21/h6-7,10H,2-5,8H2,1H3. The fourth-order valence-corrected chi connectivity index (χ4v) is 4.30. The fourth-order valence-electron chi connectivity index (χ4n) is 2.88. The van der Waals surface area contributed by atoms with Crippen molar-refractivity contribution in [1.29, 1.82) is 0 Å². The third kappa shape index (κ3) is 5.85. The van der Waals surface area contributed by atoms with Crippen LogP contribution in [0.3, 0.4) is 0 Å². The molecule has 2 rings (SSSR count). The molecule has 0 amide bonds. The van der Waals surface area contributed by atoms with E-state index in [1.54, 1.807) is 0 Å². The number of alkyl halides is 6. The van der Waals surface area contributed by atoms with Crippen LogP contribution >= 0.6 is 11.6 Å². The third-order valence-corrected chi connectivity index (χ3v) is 5.64. The predicted molar refractivity (Wildman–Crippen MR) is 87.1 cm³/mol. The fraction of sp³-hybridized carbons (Fsp3) is 0.643. The molecule has 0 saturated carbocycles. The van der Waals surface area contributed by atoms with Crippen molar-refractivity contribution in [3.63, 3.8) is 0 Å². The van der Waals surface area contributed by atoms with Gasteiger partial charge in [0.15, 0.2) is 0 Å². The van der Waals surface area contributed by atoms with E-state index in [9.17, 15) is 34.8 Å². The summed E-state index contributed by atoms with van der Waals surface area (Å²) in [5.41, 5.74) is -1.01. The smallest absolute Gasteiger partial charge is 0.355 e. The lowest BCUT2D eigenvalue weighted by molar-refractivity contribution is -0.140. The van der Waals surface area contributed by atoms with Gasteiger partial charge in [0.25, 0.3) is 0 Å². The van der Waals surface area contributed by atoms with Crippen LogP contribution in [-0.2, 0) is 16.2 Å². The molecule has 0 aliphatic carbocycles. The highest BCUT2D eigenvalue weighted by atomic mass is 35.5.